The lowest BCUT2D eigenvalue weighted by atomic mass is 10.0. The van der Waals surface area contributed by atoms with Crippen LogP contribution in [0.1, 0.15) is 17.5 Å². The van der Waals surface area contributed by atoms with Crippen LogP contribution in [-0.2, 0) is 12.8 Å². The lowest BCUT2D eigenvalue weighted by Crippen LogP contribution is -2.37. The van der Waals surface area contributed by atoms with Crippen LogP contribution >= 0.6 is 34.5 Å². The largest absolute Gasteiger partial charge is 0.271 e. The number of thiophene rings is 1. The molecule has 1 aromatic heterocycles. The minimum absolute atomic E-state index is 0.164. The quantitative estimate of drug-likeness (QED) is 0.623. The van der Waals surface area contributed by atoms with E-state index < -0.39 is 0 Å². The van der Waals surface area contributed by atoms with E-state index in [0.29, 0.717) is 10.0 Å². The molecule has 0 bridgehead atoms. The first-order chi connectivity index (χ1) is 9.20. The first-order valence-electron chi connectivity index (χ1n) is 6.11. The van der Waals surface area contributed by atoms with Crippen LogP contribution in [0.25, 0.3) is 0 Å². The number of nitrogens with one attached hydrogen (secondary N) is 1. The zero-order valence-electron chi connectivity index (χ0n) is 10.4. The van der Waals surface area contributed by atoms with Crippen LogP contribution in [0.2, 0.25) is 10.0 Å². The van der Waals surface area contributed by atoms with E-state index in [1.165, 1.54) is 5.56 Å². The number of aryl methyl sites for hydroxylation is 1. The summed E-state index contributed by atoms with van der Waals surface area (Å²) in [6, 6.07) is 7.87. The van der Waals surface area contributed by atoms with Gasteiger partial charge < -0.3 is 0 Å². The lowest BCUT2D eigenvalue weighted by Gasteiger charge is -2.17. The molecule has 0 saturated carbocycles. The Morgan fingerprint density at radius 2 is 1.95 bits per heavy atom. The van der Waals surface area contributed by atoms with Crippen molar-refractivity contribution >= 4 is 34.5 Å². The summed E-state index contributed by atoms with van der Waals surface area (Å²) in [7, 11) is 0. The second-order valence-corrected chi connectivity index (χ2v) is 6.03. The van der Waals surface area contributed by atoms with E-state index in [0.717, 1.165) is 24.8 Å². The molecule has 3 N–H and O–H groups in total. The summed E-state index contributed by atoms with van der Waals surface area (Å²) in [5.74, 6) is 5.63. The van der Waals surface area contributed by atoms with E-state index in [1.54, 1.807) is 11.3 Å². The van der Waals surface area contributed by atoms with Gasteiger partial charge in [0.05, 0.1) is 0 Å². The van der Waals surface area contributed by atoms with Crippen molar-refractivity contribution in [3.8, 4) is 0 Å². The van der Waals surface area contributed by atoms with Gasteiger partial charge in [0.15, 0.2) is 0 Å². The Morgan fingerprint density at radius 1 is 1.21 bits per heavy atom. The SMILES string of the molecule is NNC(CCc1ccsc1)Cc1c(Cl)cccc1Cl. The predicted octanol–water partition coefficient (Wildman–Crippen LogP) is 4.06. The molecule has 5 heteroatoms. The third kappa shape index (κ3) is 4.20. The molecule has 0 amide bonds. The van der Waals surface area contributed by atoms with Gasteiger partial charge in [0.25, 0.3) is 0 Å². The highest BCUT2D eigenvalue weighted by Gasteiger charge is 2.13. The monoisotopic (exact) mass is 314 g/mol. The van der Waals surface area contributed by atoms with Gasteiger partial charge in [0, 0.05) is 16.1 Å². The molecule has 1 unspecified atom stereocenters. The number of hydrazine groups is 1. The third-order valence-corrected chi connectivity index (χ3v) is 4.55. The molecule has 2 rings (SSSR count). The maximum absolute atomic E-state index is 6.18. The molecule has 1 atom stereocenters. The number of nitrogens with two attached hydrogens (primary N) is 1. The molecule has 2 aromatic rings. The van der Waals surface area contributed by atoms with Crippen molar-refractivity contribution in [2.24, 2.45) is 5.84 Å². The molecule has 0 aliphatic heterocycles. The predicted molar refractivity (Wildman–Crippen MR) is 83.9 cm³/mol. The highest BCUT2D eigenvalue weighted by Crippen LogP contribution is 2.26. The van der Waals surface area contributed by atoms with Crippen LogP contribution in [0.5, 0.6) is 0 Å². The smallest absolute Gasteiger partial charge is 0.0453 e. The Bertz CT molecular complexity index is 494. The number of hydrogen-bond acceptors (Lipinski definition) is 3. The van der Waals surface area contributed by atoms with Gasteiger partial charge in [0.2, 0.25) is 0 Å². The Morgan fingerprint density at radius 3 is 2.53 bits per heavy atom. The molecule has 0 fully saturated rings. The maximum Gasteiger partial charge on any atom is 0.0453 e. The van der Waals surface area contributed by atoms with Gasteiger partial charge >= 0.3 is 0 Å². The van der Waals surface area contributed by atoms with Gasteiger partial charge in [-0.15, -0.1) is 0 Å². The fraction of sp³-hybridized carbons (Fsp3) is 0.286. The highest BCUT2D eigenvalue weighted by atomic mass is 35.5. The minimum Gasteiger partial charge on any atom is -0.271 e. The van der Waals surface area contributed by atoms with Crippen molar-refractivity contribution in [1.29, 1.82) is 0 Å². The summed E-state index contributed by atoms with van der Waals surface area (Å²) < 4.78 is 0. The molecule has 0 saturated heterocycles. The van der Waals surface area contributed by atoms with Gasteiger partial charge in [-0.1, -0.05) is 29.3 Å². The Kier molecular flexibility index (Phi) is 5.67. The van der Waals surface area contributed by atoms with E-state index in [4.69, 9.17) is 29.0 Å². The van der Waals surface area contributed by atoms with Crippen molar-refractivity contribution in [2.75, 3.05) is 0 Å². The molecule has 19 heavy (non-hydrogen) atoms. The maximum atomic E-state index is 6.18. The van der Waals surface area contributed by atoms with Gasteiger partial charge in [-0.2, -0.15) is 11.3 Å². The van der Waals surface area contributed by atoms with Crippen molar-refractivity contribution in [3.63, 3.8) is 0 Å². The third-order valence-electron chi connectivity index (χ3n) is 3.11. The molecule has 1 aromatic carbocycles. The molecule has 102 valence electrons. The Labute approximate surface area is 127 Å². The zero-order valence-corrected chi connectivity index (χ0v) is 12.7. The van der Waals surface area contributed by atoms with Crippen LogP contribution in [0.4, 0.5) is 0 Å². The number of halogens is 2. The minimum atomic E-state index is 0.164. The van der Waals surface area contributed by atoms with Crippen molar-refractivity contribution < 1.29 is 0 Å². The molecule has 2 nitrogen and oxygen atoms in total. The van der Waals surface area contributed by atoms with E-state index in [-0.39, 0.29) is 6.04 Å². The normalized spacial score (nSPS) is 12.6. The first-order valence-corrected chi connectivity index (χ1v) is 7.80. The molecule has 0 radical (unpaired) electrons. The van der Waals surface area contributed by atoms with Gasteiger partial charge in [-0.25, -0.2) is 0 Å². The van der Waals surface area contributed by atoms with Gasteiger partial charge in [0.1, 0.15) is 0 Å². The fourth-order valence-corrected chi connectivity index (χ4v) is 3.25. The topological polar surface area (TPSA) is 38.0 Å². The van der Waals surface area contributed by atoms with E-state index in [2.05, 4.69) is 22.3 Å². The summed E-state index contributed by atoms with van der Waals surface area (Å²) in [5.41, 5.74) is 5.15. The molecule has 0 aliphatic rings. The second kappa shape index (κ2) is 7.27. The summed E-state index contributed by atoms with van der Waals surface area (Å²) >= 11 is 14.1. The highest BCUT2D eigenvalue weighted by molar-refractivity contribution is 7.07. The van der Waals surface area contributed by atoms with Crippen LogP contribution in [0.15, 0.2) is 35.0 Å². The second-order valence-electron chi connectivity index (χ2n) is 4.44. The summed E-state index contributed by atoms with van der Waals surface area (Å²) in [4.78, 5) is 0. The molecule has 1 heterocycles. The molecular formula is C14H16Cl2N2S. The lowest BCUT2D eigenvalue weighted by molar-refractivity contribution is 0.492. The summed E-state index contributed by atoms with van der Waals surface area (Å²) in [5, 5.41) is 5.65. The van der Waals surface area contributed by atoms with Crippen molar-refractivity contribution in [3.05, 3.63) is 56.2 Å². The van der Waals surface area contributed by atoms with Crippen molar-refractivity contribution in [2.45, 2.75) is 25.3 Å². The summed E-state index contributed by atoms with van der Waals surface area (Å²) in [6.07, 6.45) is 2.69. The molecular weight excluding hydrogens is 299 g/mol. The average molecular weight is 315 g/mol. The van der Waals surface area contributed by atoms with Gasteiger partial charge in [-0.05, 0) is 59.3 Å². The Hall–Kier alpha value is -0.580. The van der Waals surface area contributed by atoms with Crippen molar-refractivity contribution in [1.82, 2.24) is 5.43 Å². The standard InChI is InChI=1S/C14H16Cl2N2S/c15-13-2-1-3-14(16)12(13)8-11(18-17)5-4-10-6-7-19-9-10/h1-3,6-7,9,11,18H,4-5,8,17H2. The average Bonchev–Trinajstić information content (AvgIpc) is 2.91. The van der Waals surface area contributed by atoms with Crippen LogP contribution in [0, 0.1) is 0 Å². The van der Waals surface area contributed by atoms with Crippen LogP contribution < -0.4 is 11.3 Å². The van der Waals surface area contributed by atoms with Gasteiger partial charge in [-0.3, -0.25) is 11.3 Å². The first kappa shape index (κ1) is 14.8. The number of benzene rings is 1. The zero-order chi connectivity index (χ0) is 13.7. The van der Waals surface area contributed by atoms with Crippen LogP contribution in [0.3, 0.4) is 0 Å². The van der Waals surface area contributed by atoms with E-state index in [9.17, 15) is 0 Å². The van der Waals surface area contributed by atoms with Crippen LogP contribution in [-0.4, -0.2) is 6.04 Å². The van der Waals surface area contributed by atoms with E-state index >= 15 is 0 Å². The summed E-state index contributed by atoms with van der Waals surface area (Å²) in [6.45, 7) is 0. The number of hydrogen-bond donors (Lipinski definition) is 2. The number of rotatable bonds is 6. The molecule has 0 aliphatic carbocycles. The Balaban J connectivity index is 1.98. The fourth-order valence-electron chi connectivity index (χ4n) is 1.99. The molecule has 0 spiro atoms. The van der Waals surface area contributed by atoms with E-state index in [1.807, 2.05) is 18.2 Å².